The van der Waals surface area contributed by atoms with E-state index in [-0.39, 0.29) is 18.4 Å². The highest BCUT2D eigenvalue weighted by Gasteiger charge is 2.22. The van der Waals surface area contributed by atoms with E-state index in [9.17, 15) is 0 Å². The van der Waals surface area contributed by atoms with Crippen molar-refractivity contribution in [2.24, 2.45) is 0 Å². The standard InChI is InChI=1S/C13H12Cl2N4.ClH/c14-9-3-1-2-8(12(9)15)10-6-11(17-7-4-5-7)19-13(16)18-10;/h1-3,6-7H,4-5H2,(H3,16,17,18,19);1H. The monoisotopic (exact) mass is 330 g/mol. The zero-order valence-electron chi connectivity index (χ0n) is 10.4. The first-order valence-electron chi connectivity index (χ1n) is 5.99. The smallest absolute Gasteiger partial charge is 0.222 e. The van der Waals surface area contributed by atoms with Crippen LogP contribution in [0.15, 0.2) is 24.3 Å². The van der Waals surface area contributed by atoms with Crippen LogP contribution in [0.2, 0.25) is 10.0 Å². The molecule has 0 atom stereocenters. The molecule has 1 aliphatic carbocycles. The van der Waals surface area contributed by atoms with E-state index in [0.29, 0.717) is 21.8 Å². The molecule has 20 heavy (non-hydrogen) atoms. The minimum Gasteiger partial charge on any atom is -0.368 e. The van der Waals surface area contributed by atoms with Gasteiger partial charge in [0.1, 0.15) is 5.82 Å². The first kappa shape index (κ1) is 15.2. The molecule has 4 nitrogen and oxygen atoms in total. The first-order chi connectivity index (χ1) is 9.13. The molecule has 1 fully saturated rings. The largest absolute Gasteiger partial charge is 0.368 e. The Morgan fingerprint density at radius 2 is 1.95 bits per heavy atom. The highest BCUT2D eigenvalue weighted by molar-refractivity contribution is 6.43. The van der Waals surface area contributed by atoms with Gasteiger partial charge in [0.15, 0.2) is 0 Å². The molecule has 2 aromatic rings. The summed E-state index contributed by atoms with van der Waals surface area (Å²) in [5.41, 5.74) is 7.16. The van der Waals surface area contributed by atoms with Gasteiger partial charge in [-0.25, -0.2) is 4.98 Å². The molecule has 0 radical (unpaired) electrons. The van der Waals surface area contributed by atoms with Gasteiger partial charge in [-0.1, -0.05) is 35.3 Å². The maximum atomic E-state index is 6.20. The van der Waals surface area contributed by atoms with E-state index < -0.39 is 0 Å². The molecule has 3 rings (SSSR count). The van der Waals surface area contributed by atoms with Crippen LogP contribution in [0.25, 0.3) is 11.3 Å². The Bertz CT molecular complexity index is 629. The Balaban J connectivity index is 0.00000147. The molecule has 1 saturated carbocycles. The number of nitrogen functional groups attached to an aromatic ring is 1. The quantitative estimate of drug-likeness (QED) is 0.891. The molecule has 7 heteroatoms. The van der Waals surface area contributed by atoms with Gasteiger partial charge in [0.05, 0.1) is 15.7 Å². The number of benzene rings is 1. The van der Waals surface area contributed by atoms with Crippen molar-refractivity contribution in [3.63, 3.8) is 0 Å². The molecule has 1 aromatic carbocycles. The number of hydrogen-bond donors (Lipinski definition) is 2. The predicted octanol–water partition coefficient (Wildman–Crippen LogP) is 4.03. The molecule has 0 amide bonds. The van der Waals surface area contributed by atoms with E-state index in [4.69, 9.17) is 28.9 Å². The average Bonchev–Trinajstić information content (AvgIpc) is 3.16. The van der Waals surface area contributed by atoms with Gasteiger partial charge in [-0.05, 0) is 18.9 Å². The van der Waals surface area contributed by atoms with Gasteiger partial charge in [-0.3, -0.25) is 0 Å². The summed E-state index contributed by atoms with van der Waals surface area (Å²) >= 11 is 12.2. The number of nitrogens with two attached hydrogens (primary N) is 1. The zero-order chi connectivity index (χ0) is 13.4. The number of rotatable bonds is 3. The van der Waals surface area contributed by atoms with Crippen LogP contribution in [0, 0.1) is 0 Å². The van der Waals surface area contributed by atoms with Gasteiger partial charge in [0.25, 0.3) is 0 Å². The minimum atomic E-state index is 0. The maximum Gasteiger partial charge on any atom is 0.222 e. The summed E-state index contributed by atoms with van der Waals surface area (Å²) in [6.45, 7) is 0. The van der Waals surface area contributed by atoms with Crippen molar-refractivity contribution < 1.29 is 0 Å². The Morgan fingerprint density at radius 3 is 2.65 bits per heavy atom. The maximum absolute atomic E-state index is 6.20. The normalized spacial score (nSPS) is 13.7. The summed E-state index contributed by atoms with van der Waals surface area (Å²) < 4.78 is 0. The number of halogens is 3. The Kier molecular flexibility index (Phi) is 4.58. The number of anilines is 2. The van der Waals surface area contributed by atoms with Gasteiger partial charge >= 0.3 is 0 Å². The lowest BCUT2D eigenvalue weighted by atomic mass is 10.1. The van der Waals surface area contributed by atoms with Crippen molar-refractivity contribution in [1.29, 1.82) is 0 Å². The van der Waals surface area contributed by atoms with E-state index in [1.54, 1.807) is 6.07 Å². The molecule has 3 N–H and O–H groups in total. The summed E-state index contributed by atoms with van der Waals surface area (Å²) in [6, 6.07) is 7.76. The SMILES string of the molecule is Cl.Nc1nc(NC2CC2)cc(-c2cccc(Cl)c2Cl)n1. The number of aromatic nitrogens is 2. The lowest BCUT2D eigenvalue weighted by Crippen LogP contribution is -2.06. The summed E-state index contributed by atoms with van der Waals surface area (Å²) in [7, 11) is 0. The number of nitrogens with zero attached hydrogens (tertiary/aromatic N) is 2. The molecule has 1 aliphatic rings. The molecule has 0 spiro atoms. The van der Waals surface area contributed by atoms with Crippen molar-refractivity contribution in [1.82, 2.24) is 9.97 Å². The zero-order valence-corrected chi connectivity index (χ0v) is 12.8. The van der Waals surface area contributed by atoms with Crippen LogP contribution in [0.5, 0.6) is 0 Å². The van der Waals surface area contributed by atoms with Gasteiger partial charge in [0, 0.05) is 17.7 Å². The fourth-order valence-corrected chi connectivity index (χ4v) is 2.21. The molecule has 1 heterocycles. The van der Waals surface area contributed by atoms with Crippen molar-refractivity contribution in [3.05, 3.63) is 34.3 Å². The molecular weight excluding hydrogens is 319 g/mol. The predicted molar refractivity (Wildman–Crippen MR) is 85.8 cm³/mol. The van der Waals surface area contributed by atoms with E-state index in [0.717, 1.165) is 24.2 Å². The molecule has 0 aliphatic heterocycles. The highest BCUT2D eigenvalue weighted by atomic mass is 35.5. The van der Waals surface area contributed by atoms with Crippen molar-refractivity contribution in [2.75, 3.05) is 11.1 Å². The van der Waals surface area contributed by atoms with Crippen LogP contribution in [-0.4, -0.2) is 16.0 Å². The van der Waals surface area contributed by atoms with Crippen LogP contribution in [0.1, 0.15) is 12.8 Å². The van der Waals surface area contributed by atoms with E-state index >= 15 is 0 Å². The first-order valence-corrected chi connectivity index (χ1v) is 6.74. The molecular formula is C13H13Cl3N4. The second-order valence-corrected chi connectivity index (χ2v) is 5.30. The van der Waals surface area contributed by atoms with Crippen LogP contribution >= 0.6 is 35.6 Å². The molecule has 0 saturated heterocycles. The lowest BCUT2D eigenvalue weighted by molar-refractivity contribution is 1.09. The summed E-state index contributed by atoms with van der Waals surface area (Å²) in [5.74, 6) is 0.942. The Hall–Kier alpha value is -1.23. The van der Waals surface area contributed by atoms with Gasteiger partial charge in [-0.15, -0.1) is 12.4 Å². The second kappa shape index (κ2) is 6.04. The second-order valence-electron chi connectivity index (χ2n) is 4.52. The lowest BCUT2D eigenvalue weighted by Gasteiger charge is -2.09. The average molecular weight is 332 g/mol. The summed E-state index contributed by atoms with van der Waals surface area (Å²) in [5, 5.41) is 4.26. The summed E-state index contributed by atoms with van der Waals surface area (Å²) in [6.07, 6.45) is 2.33. The fraction of sp³-hybridized carbons (Fsp3) is 0.231. The third-order valence-corrected chi connectivity index (χ3v) is 3.72. The van der Waals surface area contributed by atoms with E-state index in [1.165, 1.54) is 0 Å². The molecule has 0 unspecified atom stereocenters. The van der Waals surface area contributed by atoms with E-state index in [1.807, 2.05) is 18.2 Å². The number of hydrogen-bond acceptors (Lipinski definition) is 4. The topological polar surface area (TPSA) is 63.8 Å². The van der Waals surface area contributed by atoms with Crippen LogP contribution < -0.4 is 11.1 Å². The third-order valence-electron chi connectivity index (χ3n) is 2.90. The van der Waals surface area contributed by atoms with Crippen molar-refractivity contribution >= 4 is 47.4 Å². The Labute approximate surface area is 133 Å². The highest BCUT2D eigenvalue weighted by Crippen LogP contribution is 2.34. The van der Waals surface area contributed by atoms with Crippen molar-refractivity contribution in [3.8, 4) is 11.3 Å². The summed E-state index contributed by atoms with van der Waals surface area (Å²) in [4.78, 5) is 8.39. The minimum absolute atomic E-state index is 0. The van der Waals surface area contributed by atoms with Crippen LogP contribution in [0.4, 0.5) is 11.8 Å². The molecule has 1 aromatic heterocycles. The van der Waals surface area contributed by atoms with Gasteiger partial charge in [0.2, 0.25) is 5.95 Å². The molecule has 106 valence electrons. The van der Waals surface area contributed by atoms with Crippen LogP contribution in [-0.2, 0) is 0 Å². The van der Waals surface area contributed by atoms with Crippen LogP contribution in [0.3, 0.4) is 0 Å². The fourth-order valence-electron chi connectivity index (χ4n) is 1.82. The molecule has 0 bridgehead atoms. The van der Waals surface area contributed by atoms with E-state index in [2.05, 4.69) is 15.3 Å². The Morgan fingerprint density at radius 1 is 1.20 bits per heavy atom. The third kappa shape index (κ3) is 3.26. The van der Waals surface area contributed by atoms with Crippen molar-refractivity contribution in [2.45, 2.75) is 18.9 Å². The number of nitrogens with one attached hydrogen (secondary N) is 1. The van der Waals surface area contributed by atoms with Gasteiger partial charge < -0.3 is 11.1 Å². The van der Waals surface area contributed by atoms with Gasteiger partial charge in [-0.2, -0.15) is 4.98 Å².